The molecule has 0 saturated carbocycles. The van der Waals surface area contributed by atoms with Gasteiger partial charge in [-0.15, -0.1) is 12.6 Å². The zero-order chi connectivity index (χ0) is 18.8. The van der Waals surface area contributed by atoms with Gasteiger partial charge in [-0.2, -0.15) is 0 Å². The Morgan fingerprint density at radius 1 is 1.20 bits per heavy atom. The topological polar surface area (TPSA) is 32.3 Å². The summed E-state index contributed by atoms with van der Waals surface area (Å²) in [6, 6.07) is 13.3. The van der Waals surface area contributed by atoms with Crippen molar-refractivity contribution in [2.24, 2.45) is 0 Å². The Morgan fingerprint density at radius 3 is 2.32 bits per heavy atom. The molecule has 0 spiro atoms. The lowest BCUT2D eigenvalue weighted by Crippen LogP contribution is -2.50. The van der Waals surface area contributed by atoms with Gasteiger partial charge in [-0.3, -0.25) is 4.79 Å². The number of benzene rings is 2. The first-order chi connectivity index (χ1) is 11.6. The molecule has 0 aliphatic carbocycles. The lowest BCUT2D eigenvalue weighted by molar-refractivity contribution is 0.0837. The Labute approximate surface area is 160 Å². The molecular weight excluding hydrogens is 352 g/mol. The Morgan fingerprint density at radius 2 is 1.80 bits per heavy atom. The fourth-order valence-electron chi connectivity index (χ4n) is 2.80. The molecule has 2 aromatic rings. The first kappa shape index (κ1) is 19.8. The van der Waals surface area contributed by atoms with Crippen molar-refractivity contribution < 1.29 is 4.79 Å². The summed E-state index contributed by atoms with van der Waals surface area (Å²) in [6.45, 7) is 6.09. The standard InChI is InChI=1S/C20H25ClN2OS/c1-13-11-15(21)12-16(25)17(13)19(24)22-18(20(2,3)23(4)5)14-9-7-6-8-10-14/h6-12,18,25H,1-5H3,(H,22,24). The highest BCUT2D eigenvalue weighted by Crippen LogP contribution is 2.31. The van der Waals surface area contributed by atoms with Crippen molar-refractivity contribution in [2.45, 2.75) is 37.2 Å². The number of thiol groups is 1. The van der Waals surface area contributed by atoms with E-state index in [-0.39, 0.29) is 17.5 Å². The number of amides is 1. The predicted octanol–water partition coefficient (Wildman–Crippen LogP) is 4.75. The van der Waals surface area contributed by atoms with Gasteiger partial charge in [0.05, 0.1) is 11.6 Å². The average Bonchev–Trinajstić information content (AvgIpc) is 2.52. The molecule has 1 amide bonds. The van der Waals surface area contributed by atoms with E-state index in [1.165, 1.54) is 0 Å². The molecule has 1 atom stereocenters. The lowest BCUT2D eigenvalue weighted by Gasteiger charge is -2.41. The molecule has 134 valence electrons. The highest BCUT2D eigenvalue weighted by molar-refractivity contribution is 7.80. The van der Waals surface area contributed by atoms with Crippen LogP contribution in [0.3, 0.4) is 0 Å². The number of carbonyl (C=O) groups excluding carboxylic acids is 1. The number of likely N-dealkylation sites (N-methyl/N-ethyl adjacent to an activating group) is 1. The molecule has 0 aliphatic heterocycles. The normalized spacial score (nSPS) is 13.0. The van der Waals surface area contributed by atoms with Crippen LogP contribution in [0, 0.1) is 6.92 Å². The van der Waals surface area contributed by atoms with Gasteiger partial charge in [0.1, 0.15) is 0 Å². The maximum atomic E-state index is 13.0. The number of aryl methyl sites for hydroxylation is 1. The van der Waals surface area contributed by atoms with E-state index >= 15 is 0 Å². The predicted molar refractivity (Wildman–Crippen MR) is 108 cm³/mol. The minimum atomic E-state index is -0.284. The van der Waals surface area contributed by atoms with E-state index in [9.17, 15) is 4.79 Å². The van der Waals surface area contributed by atoms with Gasteiger partial charge < -0.3 is 10.2 Å². The maximum absolute atomic E-state index is 13.0. The summed E-state index contributed by atoms with van der Waals surface area (Å²) < 4.78 is 0. The number of rotatable bonds is 5. The van der Waals surface area contributed by atoms with Crippen LogP contribution in [0.25, 0.3) is 0 Å². The van der Waals surface area contributed by atoms with Gasteiger partial charge in [-0.1, -0.05) is 41.9 Å². The van der Waals surface area contributed by atoms with Crippen LogP contribution in [0.4, 0.5) is 0 Å². The fourth-order valence-corrected chi connectivity index (χ4v) is 3.56. The van der Waals surface area contributed by atoms with E-state index in [0.717, 1.165) is 11.1 Å². The number of halogens is 1. The summed E-state index contributed by atoms with van der Waals surface area (Å²) >= 11 is 10.5. The van der Waals surface area contributed by atoms with E-state index in [0.29, 0.717) is 15.5 Å². The van der Waals surface area contributed by atoms with E-state index in [4.69, 9.17) is 11.6 Å². The molecular formula is C20H25ClN2OS. The SMILES string of the molecule is Cc1cc(Cl)cc(S)c1C(=O)NC(c1ccccc1)C(C)(C)N(C)C. The van der Waals surface area contributed by atoms with Crippen molar-refractivity contribution in [1.82, 2.24) is 10.2 Å². The number of nitrogens with zero attached hydrogens (tertiary/aromatic N) is 1. The molecule has 2 rings (SSSR count). The van der Waals surface area contributed by atoms with Crippen LogP contribution in [0.1, 0.15) is 41.4 Å². The molecule has 0 aliphatic rings. The van der Waals surface area contributed by atoms with Crippen LogP contribution in [0.2, 0.25) is 5.02 Å². The molecule has 0 fully saturated rings. The highest BCUT2D eigenvalue weighted by Gasteiger charge is 2.34. The molecule has 0 heterocycles. The summed E-state index contributed by atoms with van der Waals surface area (Å²) in [5.74, 6) is -0.150. The zero-order valence-electron chi connectivity index (χ0n) is 15.3. The second-order valence-corrected chi connectivity index (χ2v) is 7.90. The summed E-state index contributed by atoms with van der Waals surface area (Å²) in [5, 5.41) is 3.78. The molecule has 0 saturated heterocycles. The van der Waals surface area contributed by atoms with Crippen molar-refractivity contribution >= 4 is 30.1 Å². The van der Waals surface area contributed by atoms with Crippen LogP contribution in [0.15, 0.2) is 47.4 Å². The van der Waals surface area contributed by atoms with Crippen LogP contribution < -0.4 is 5.32 Å². The molecule has 3 nitrogen and oxygen atoms in total. The average molecular weight is 377 g/mol. The van der Waals surface area contributed by atoms with Gasteiger partial charge in [0.25, 0.3) is 5.91 Å². The third-order valence-corrected chi connectivity index (χ3v) is 5.34. The number of carbonyl (C=O) groups is 1. The molecule has 0 aromatic heterocycles. The first-order valence-corrected chi connectivity index (χ1v) is 8.99. The highest BCUT2D eigenvalue weighted by atomic mass is 35.5. The number of nitrogens with one attached hydrogen (secondary N) is 1. The molecule has 5 heteroatoms. The van der Waals surface area contributed by atoms with E-state index in [1.807, 2.05) is 51.4 Å². The van der Waals surface area contributed by atoms with Gasteiger partial charge in [-0.25, -0.2) is 0 Å². The maximum Gasteiger partial charge on any atom is 0.253 e. The van der Waals surface area contributed by atoms with Crippen LogP contribution in [-0.2, 0) is 0 Å². The van der Waals surface area contributed by atoms with Gasteiger partial charge in [0.15, 0.2) is 0 Å². The van der Waals surface area contributed by atoms with Gasteiger partial charge in [-0.05, 0) is 58.1 Å². The quantitative estimate of drug-likeness (QED) is 0.738. The second-order valence-electron chi connectivity index (χ2n) is 6.98. The van der Waals surface area contributed by atoms with E-state index in [1.54, 1.807) is 12.1 Å². The number of hydrogen-bond acceptors (Lipinski definition) is 3. The smallest absolute Gasteiger partial charge is 0.253 e. The lowest BCUT2D eigenvalue weighted by atomic mass is 9.87. The van der Waals surface area contributed by atoms with Crippen molar-refractivity contribution in [3.8, 4) is 0 Å². The van der Waals surface area contributed by atoms with Gasteiger partial charge in [0.2, 0.25) is 0 Å². The fraction of sp³-hybridized carbons (Fsp3) is 0.350. The van der Waals surface area contributed by atoms with E-state index < -0.39 is 0 Å². The first-order valence-electron chi connectivity index (χ1n) is 8.17. The van der Waals surface area contributed by atoms with Crippen molar-refractivity contribution in [2.75, 3.05) is 14.1 Å². The summed E-state index contributed by atoms with van der Waals surface area (Å²) in [6.07, 6.45) is 0. The van der Waals surface area contributed by atoms with Crippen molar-refractivity contribution in [3.63, 3.8) is 0 Å². The molecule has 1 N–H and O–H groups in total. The molecule has 0 radical (unpaired) electrons. The summed E-state index contributed by atoms with van der Waals surface area (Å²) in [5.41, 5.74) is 2.14. The number of hydrogen-bond donors (Lipinski definition) is 2. The van der Waals surface area contributed by atoms with Crippen molar-refractivity contribution in [1.29, 1.82) is 0 Å². The Bertz CT molecular complexity index is 737. The molecule has 2 aromatic carbocycles. The Kier molecular flexibility index (Phi) is 6.20. The second kappa shape index (κ2) is 7.81. The Balaban J connectivity index is 2.43. The minimum absolute atomic E-state index is 0.150. The van der Waals surface area contributed by atoms with Crippen LogP contribution in [0.5, 0.6) is 0 Å². The third-order valence-electron chi connectivity index (χ3n) is 4.77. The third kappa shape index (κ3) is 4.38. The van der Waals surface area contributed by atoms with Crippen molar-refractivity contribution in [3.05, 3.63) is 64.2 Å². The monoisotopic (exact) mass is 376 g/mol. The molecule has 1 unspecified atom stereocenters. The Hall–Kier alpha value is -1.49. The van der Waals surface area contributed by atoms with Crippen LogP contribution in [-0.4, -0.2) is 30.4 Å². The molecule has 25 heavy (non-hydrogen) atoms. The molecule has 0 bridgehead atoms. The van der Waals surface area contributed by atoms with Crippen LogP contribution >= 0.6 is 24.2 Å². The summed E-state index contributed by atoms with van der Waals surface area (Å²) in [4.78, 5) is 15.7. The minimum Gasteiger partial charge on any atom is -0.343 e. The zero-order valence-corrected chi connectivity index (χ0v) is 16.9. The largest absolute Gasteiger partial charge is 0.343 e. The van der Waals surface area contributed by atoms with Gasteiger partial charge in [0, 0.05) is 15.5 Å². The summed E-state index contributed by atoms with van der Waals surface area (Å²) in [7, 11) is 4.03. The van der Waals surface area contributed by atoms with Gasteiger partial charge >= 0.3 is 0 Å². The van der Waals surface area contributed by atoms with E-state index in [2.05, 4.69) is 36.7 Å².